The molecule has 0 radical (unpaired) electrons. The zero-order chi connectivity index (χ0) is 21.0. The summed E-state index contributed by atoms with van der Waals surface area (Å²) in [5.74, 6) is 1.05. The van der Waals surface area contributed by atoms with Gasteiger partial charge in [0.1, 0.15) is 13.2 Å². The third kappa shape index (κ3) is 4.78. The zero-order valence-corrected chi connectivity index (χ0v) is 18.1. The van der Waals surface area contributed by atoms with Crippen LogP contribution in [0.2, 0.25) is 0 Å². The van der Waals surface area contributed by atoms with Crippen LogP contribution in [0.3, 0.4) is 0 Å². The Morgan fingerprint density at radius 3 is 2.37 bits per heavy atom. The van der Waals surface area contributed by atoms with Crippen LogP contribution in [0.1, 0.15) is 18.5 Å². The van der Waals surface area contributed by atoms with E-state index in [0.29, 0.717) is 31.3 Å². The van der Waals surface area contributed by atoms with Gasteiger partial charge in [-0.2, -0.15) is 0 Å². The van der Waals surface area contributed by atoms with Crippen molar-refractivity contribution < 1.29 is 17.9 Å². The lowest BCUT2D eigenvalue weighted by Gasteiger charge is -2.39. The van der Waals surface area contributed by atoms with Gasteiger partial charge in [0.25, 0.3) is 0 Å². The average Bonchev–Trinajstić information content (AvgIpc) is 2.80. The van der Waals surface area contributed by atoms with Gasteiger partial charge in [0.2, 0.25) is 10.0 Å². The summed E-state index contributed by atoms with van der Waals surface area (Å²) in [7, 11) is -3.67. The molecule has 0 unspecified atom stereocenters. The van der Waals surface area contributed by atoms with Crippen LogP contribution in [0.5, 0.6) is 11.5 Å². The fourth-order valence-electron chi connectivity index (χ4n) is 3.99. The Bertz CT molecular complexity index is 944. The van der Waals surface area contributed by atoms with E-state index in [2.05, 4.69) is 33.6 Å². The fraction of sp³-hybridized carbons (Fsp3) is 0.455. The summed E-state index contributed by atoms with van der Waals surface area (Å²) in [6.45, 7) is 8.24. The molecule has 1 saturated heterocycles. The van der Waals surface area contributed by atoms with Crippen LogP contribution in [-0.2, 0) is 10.0 Å². The number of piperazine rings is 1. The average molecular weight is 432 g/mol. The molecule has 0 spiro atoms. The molecule has 30 heavy (non-hydrogen) atoms. The van der Waals surface area contributed by atoms with E-state index < -0.39 is 10.0 Å². The van der Waals surface area contributed by atoms with Gasteiger partial charge in [-0.25, -0.2) is 13.1 Å². The SMILES string of the molecule is CCN1CCN([C@@H](CNS(=O)(=O)c2ccc3c(c2)OCCO3)c2ccccc2)CC1. The first kappa shape index (κ1) is 21.1. The van der Waals surface area contributed by atoms with E-state index in [1.54, 1.807) is 12.1 Å². The number of sulfonamides is 1. The van der Waals surface area contributed by atoms with Crippen molar-refractivity contribution in [2.24, 2.45) is 0 Å². The molecule has 8 heteroatoms. The first-order chi connectivity index (χ1) is 14.6. The van der Waals surface area contributed by atoms with Crippen LogP contribution in [-0.4, -0.2) is 70.7 Å². The number of nitrogens with one attached hydrogen (secondary N) is 1. The summed E-state index contributed by atoms with van der Waals surface area (Å²) < 4.78 is 39.9. The first-order valence-corrected chi connectivity index (χ1v) is 12.0. The molecule has 2 aliphatic rings. The number of fused-ring (bicyclic) bond motifs is 1. The first-order valence-electron chi connectivity index (χ1n) is 10.5. The monoisotopic (exact) mass is 431 g/mol. The fourth-order valence-corrected chi connectivity index (χ4v) is 5.04. The van der Waals surface area contributed by atoms with E-state index in [1.807, 2.05) is 18.2 Å². The van der Waals surface area contributed by atoms with Crippen molar-refractivity contribution in [1.29, 1.82) is 0 Å². The Morgan fingerprint density at radius 1 is 0.967 bits per heavy atom. The number of ether oxygens (including phenoxy) is 2. The molecule has 2 aliphatic heterocycles. The second-order valence-corrected chi connectivity index (χ2v) is 9.32. The molecule has 0 aliphatic carbocycles. The summed E-state index contributed by atoms with van der Waals surface area (Å²) in [4.78, 5) is 4.97. The molecule has 0 bridgehead atoms. The Morgan fingerprint density at radius 2 is 1.67 bits per heavy atom. The van der Waals surface area contributed by atoms with Crippen LogP contribution < -0.4 is 14.2 Å². The second-order valence-electron chi connectivity index (χ2n) is 7.55. The minimum atomic E-state index is -3.67. The van der Waals surface area contributed by atoms with E-state index in [1.165, 1.54) is 6.07 Å². The van der Waals surface area contributed by atoms with Crippen molar-refractivity contribution >= 4 is 10.0 Å². The third-order valence-corrected chi connectivity index (χ3v) is 7.19. The highest BCUT2D eigenvalue weighted by molar-refractivity contribution is 7.89. The van der Waals surface area contributed by atoms with E-state index >= 15 is 0 Å². The molecule has 2 heterocycles. The number of benzene rings is 2. The lowest BCUT2D eigenvalue weighted by Crippen LogP contribution is -2.49. The molecule has 7 nitrogen and oxygen atoms in total. The Labute approximate surface area is 178 Å². The number of hydrogen-bond donors (Lipinski definition) is 1. The maximum absolute atomic E-state index is 13.0. The van der Waals surface area contributed by atoms with Gasteiger partial charge in [-0.1, -0.05) is 37.3 Å². The Hall–Kier alpha value is -2.13. The number of nitrogens with zero attached hydrogens (tertiary/aromatic N) is 2. The molecule has 1 fully saturated rings. The van der Waals surface area contributed by atoms with Gasteiger partial charge in [-0.3, -0.25) is 4.90 Å². The summed E-state index contributed by atoms with van der Waals surface area (Å²) in [6.07, 6.45) is 0. The molecule has 162 valence electrons. The zero-order valence-electron chi connectivity index (χ0n) is 17.3. The van der Waals surface area contributed by atoms with Gasteiger partial charge in [-0.15, -0.1) is 0 Å². The van der Waals surface area contributed by atoms with Crippen molar-refractivity contribution in [3.05, 3.63) is 54.1 Å². The van der Waals surface area contributed by atoms with Gasteiger partial charge in [0.05, 0.1) is 4.90 Å². The van der Waals surface area contributed by atoms with Gasteiger partial charge in [0, 0.05) is 44.8 Å². The molecular formula is C22H29N3O4S. The van der Waals surface area contributed by atoms with E-state index in [9.17, 15) is 8.42 Å². The lowest BCUT2D eigenvalue weighted by molar-refractivity contribution is 0.100. The van der Waals surface area contributed by atoms with Crippen molar-refractivity contribution in [2.45, 2.75) is 17.9 Å². The van der Waals surface area contributed by atoms with Crippen LogP contribution in [0, 0.1) is 0 Å². The quantitative estimate of drug-likeness (QED) is 0.724. The summed E-state index contributed by atoms with van der Waals surface area (Å²) >= 11 is 0. The Kier molecular flexibility index (Phi) is 6.58. The standard InChI is InChI=1S/C22H29N3O4S/c1-2-24-10-12-25(13-11-24)20(18-6-4-3-5-7-18)17-23-30(26,27)19-8-9-21-22(16-19)29-15-14-28-21/h3-9,16,20,23H,2,10-15,17H2,1H3/t20-/m0/s1. The number of likely N-dealkylation sites (N-methyl/N-ethyl adjacent to an activating group) is 1. The molecule has 0 amide bonds. The molecule has 1 N–H and O–H groups in total. The summed E-state index contributed by atoms with van der Waals surface area (Å²) in [5.41, 5.74) is 1.12. The molecular weight excluding hydrogens is 402 g/mol. The largest absolute Gasteiger partial charge is 0.486 e. The predicted molar refractivity (Wildman–Crippen MR) is 115 cm³/mol. The maximum Gasteiger partial charge on any atom is 0.240 e. The van der Waals surface area contributed by atoms with Crippen molar-refractivity contribution in [1.82, 2.24) is 14.5 Å². The van der Waals surface area contributed by atoms with Gasteiger partial charge >= 0.3 is 0 Å². The third-order valence-electron chi connectivity index (χ3n) is 5.77. The molecule has 4 rings (SSSR count). The van der Waals surface area contributed by atoms with Crippen LogP contribution in [0.15, 0.2) is 53.4 Å². The molecule has 0 aromatic heterocycles. The van der Waals surface area contributed by atoms with E-state index in [4.69, 9.17) is 9.47 Å². The highest BCUT2D eigenvalue weighted by Crippen LogP contribution is 2.32. The smallest absolute Gasteiger partial charge is 0.240 e. The molecule has 2 aromatic rings. The van der Waals surface area contributed by atoms with Gasteiger partial charge < -0.3 is 14.4 Å². The molecule has 1 atom stereocenters. The highest BCUT2D eigenvalue weighted by atomic mass is 32.2. The van der Waals surface area contributed by atoms with Crippen LogP contribution in [0.25, 0.3) is 0 Å². The normalized spacial score (nSPS) is 18.8. The molecule has 0 saturated carbocycles. The topological polar surface area (TPSA) is 71.1 Å². The van der Waals surface area contributed by atoms with Crippen LogP contribution in [0.4, 0.5) is 0 Å². The van der Waals surface area contributed by atoms with Gasteiger partial charge in [-0.05, 0) is 24.2 Å². The maximum atomic E-state index is 13.0. The van der Waals surface area contributed by atoms with Crippen molar-refractivity contribution in [2.75, 3.05) is 52.5 Å². The number of rotatable bonds is 7. The highest BCUT2D eigenvalue weighted by Gasteiger charge is 2.27. The Balaban J connectivity index is 1.50. The minimum absolute atomic E-state index is 0.0165. The summed E-state index contributed by atoms with van der Waals surface area (Å²) in [6, 6.07) is 14.8. The van der Waals surface area contributed by atoms with E-state index in [0.717, 1.165) is 38.3 Å². The minimum Gasteiger partial charge on any atom is -0.486 e. The van der Waals surface area contributed by atoms with Gasteiger partial charge in [0.15, 0.2) is 11.5 Å². The molecule has 2 aromatic carbocycles. The van der Waals surface area contributed by atoms with Crippen LogP contribution >= 0.6 is 0 Å². The lowest BCUT2D eigenvalue weighted by atomic mass is 10.0. The summed E-state index contributed by atoms with van der Waals surface area (Å²) in [5, 5.41) is 0. The van der Waals surface area contributed by atoms with E-state index in [-0.39, 0.29) is 10.9 Å². The second kappa shape index (κ2) is 9.34. The predicted octanol–water partition coefficient (Wildman–Crippen LogP) is 2.11. The van der Waals surface area contributed by atoms with Crippen molar-refractivity contribution in [3.63, 3.8) is 0 Å². The number of hydrogen-bond acceptors (Lipinski definition) is 6. The van der Waals surface area contributed by atoms with Crippen molar-refractivity contribution in [3.8, 4) is 11.5 Å².